The van der Waals surface area contributed by atoms with Crippen LogP contribution in [0.5, 0.6) is 0 Å². The third kappa shape index (κ3) is 6.26. The fourth-order valence-corrected chi connectivity index (χ4v) is 10.0. The minimum Gasteiger partial charge on any atom is -0.455 e. The molecule has 0 aromatic heterocycles. The minimum atomic E-state index is -1.65. The zero-order chi connectivity index (χ0) is 37.7. The van der Waals surface area contributed by atoms with E-state index in [4.69, 9.17) is 18.9 Å². The van der Waals surface area contributed by atoms with E-state index in [1.165, 1.54) is 0 Å². The number of ether oxygens (including phenoxy) is 4. The van der Waals surface area contributed by atoms with Crippen molar-refractivity contribution in [3.63, 3.8) is 0 Å². The van der Waals surface area contributed by atoms with Crippen LogP contribution in [0.2, 0.25) is 0 Å². The number of fused-ring (bicyclic) bond motifs is 5. The van der Waals surface area contributed by atoms with Crippen LogP contribution >= 0.6 is 0 Å². The highest BCUT2D eigenvalue weighted by Gasteiger charge is 2.73. The number of carbonyl (C=O) groups is 4. The number of Topliss-reactive ketones (excluding diaryl/α,β-unsaturated/α-hetero) is 1. The van der Waals surface area contributed by atoms with Crippen molar-refractivity contribution in [2.45, 2.75) is 123 Å². The van der Waals surface area contributed by atoms with Crippen LogP contribution in [0.3, 0.4) is 0 Å². The molecule has 5 rings (SSSR count). The number of hydrogen-bond donors (Lipinski definition) is 4. The number of aliphatic hydroxyl groups excluding tert-OH is 1. The molecule has 1 saturated heterocycles. The van der Waals surface area contributed by atoms with Gasteiger partial charge in [0.25, 0.3) is 0 Å². The monoisotopic (exact) mass is 711 g/mol. The van der Waals surface area contributed by atoms with Crippen LogP contribution < -0.4 is 5.48 Å². The van der Waals surface area contributed by atoms with Crippen molar-refractivity contribution >= 4 is 31.0 Å². The van der Waals surface area contributed by atoms with Crippen molar-refractivity contribution in [3.05, 3.63) is 47.0 Å². The summed E-state index contributed by atoms with van der Waals surface area (Å²) in [5.41, 5.74) is -1.24. The van der Waals surface area contributed by atoms with Crippen molar-refractivity contribution in [3.8, 4) is 0 Å². The lowest BCUT2D eigenvalue weighted by atomic mass is 9.40. The Kier molecular flexibility index (Phi) is 11.0. The zero-order valence-electron chi connectivity index (χ0n) is 31.1. The standard InChI is InChI=1S/C38H54BNO11/c1-9-26(42)50-30-28-20(3)23(49-34(45)31(51-27(43)10-2)29(39-19-40-47)22-14-12-11-13-15-22)17-38(46,35(28,5)6)21(4)32-36(7)18-48-25(36)16-24(41)37(32,8)33(30)44/h11-15,21,23-25,29-32,39-41,46-47H,9-10,16-19H2,1-8H3/t21-,23-,24-,25+,29-,30+,31+,32+,36+,37+,38+/m0/s1. The van der Waals surface area contributed by atoms with Gasteiger partial charge in [0.2, 0.25) is 0 Å². The van der Waals surface area contributed by atoms with E-state index >= 15 is 4.79 Å². The van der Waals surface area contributed by atoms with E-state index in [2.05, 4.69) is 5.48 Å². The second-order valence-corrected chi connectivity index (χ2v) is 15.9. The van der Waals surface area contributed by atoms with E-state index < -0.39 is 87.6 Å². The molecule has 0 radical (unpaired) electrons. The predicted molar refractivity (Wildman–Crippen MR) is 187 cm³/mol. The van der Waals surface area contributed by atoms with Crippen LogP contribution in [0.4, 0.5) is 0 Å². The highest BCUT2D eigenvalue weighted by molar-refractivity contribution is 6.39. The summed E-state index contributed by atoms with van der Waals surface area (Å²) in [5.74, 6) is -4.51. The summed E-state index contributed by atoms with van der Waals surface area (Å²) in [5, 5.41) is 34.4. The van der Waals surface area contributed by atoms with E-state index in [-0.39, 0.29) is 45.5 Å². The lowest BCUT2D eigenvalue weighted by Crippen LogP contribution is -2.75. The van der Waals surface area contributed by atoms with Crippen molar-refractivity contribution in [1.29, 1.82) is 0 Å². The van der Waals surface area contributed by atoms with Crippen molar-refractivity contribution < 1.29 is 53.5 Å². The first kappa shape index (κ1) is 39.1. The molecule has 11 atom stereocenters. The molecule has 0 unspecified atom stereocenters. The number of carbonyl (C=O) groups excluding carboxylic acids is 4. The fourth-order valence-electron chi connectivity index (χ4n) is 10.0. The molecule has 51 heavy (non-hydrogen) atoms. The minimum absolute atomic E-state index is 0.00354. The molecule has 4 aliphatic rings. The SMILES string of the molecule is CCC(=O)O[C@H]1C(=O)[C@@]2(C)[C@H]([C@H](C)[C@]3(O)C[C@H](OC(=O)[C@H](OC(=O)CC)[C@@H](BCNO)c4ccccc4)C(C)=C1C3(C)C)[C@]1(C)CO[C@@H]1C[C@@H]2O. The molecule has 1 aliphatic heterocycles. The first-order valence-electron chi connectivity index (χ1n) is 18.2. The normalized spacial score (nSPS) is 36.6. The molecule has 13 heteroatoms. The molecule has 1 heterocycles. The van der Waals surface area contributed by atoms with Crippen LogP contribution in [0.25, 0.3) is 0 Å². The van der Waals surface area contributed by atoms with Gasteiger partial charge in [-0.25, -0.2) is 10.3 Å². The molecule has 4 N–H and O–H groups in total. The Morgan fingerprint density at radius 2 is 1.71 bits per heavy atom. The van der Waals surface area contributed by atoms with Crippen molar-refractivity contribution in [2.24, 2.45) is 28.1 Å². The smallest absolute Gasteiger partial charge is 0.347 e. The van der Waals surface area contributed by atoms with E-state index in [1.807, 2.05) is 33.8 Å². The topological polar surface area (TPSA) is 178 Å². The van der Waals surface area contributed by atoms with E-state index in [9.17, 15) is 29.8 Å². The maximum Gasteiger partial charge on any atom is 0.347 e. The van der Waals surface area contributed by atoms with E-state index in [0.717, 1.165) is 0 Å². The lowest BCUT2D eigenvalue weighted by molar-refractivity contribution is -0.302. The van der Waals surface area contributed by atoms with Crippen molar-refractivity contribution in [2.75, 3.05) is 13.1 Å². The second kappa shape index (κ2) is 14.4. The summed E-state index contributed by atoms with van der Waals surface area (Å²) in [6.07, 6.45) is -5.21. The van der Waals surface area contributed by atoms with Gasteiger partial charge in [-0.05, 0) is 48.8 Å². The van der Waals surface area contributed by atoms with E-state index in [1.54, 1.807) is 52.0 Å². The Morgan fingerprint density at radius 1 is 1.06 bits per heavy atom. The molecule has 3 aliphatic carbocycles. The second-order valence-electron chi connectivity index (χ2n) is 15.9. The molecule has 1 aromatic rings. The zero-order valence-corrected chi connectivity index (χ0v) is 31.1. The summed E-state index contributed by atoms with van der Waals surface area (Å²) >= 11 is 0. The summed E-state index contributed by atoms with van der Waals surface area (Å²) in [7, 11) is 0.212. The average molecular weight is 712 g/mol. The Morgan fingerprint density at radius 3 is 2.27 bits per heavy atom. The largest absolute Gasteiger partial charge is 0.455 e. The summed E-state index contributed by atoms with van der Waals surface area (Å²) in [4.78, 5) is 55.2. The summed E-state index contributed by atoms with van der Waals surface area (Å²) < 4.78 is 24.0. The van der Waals surface area contributed by atoms with Gasteiger partial charge in [0, 0.05) is 42.3 Å². The van der Waals surface area contributed by atoms with Gasteiger partial charge in [-0.15, -0.1) is 0 Å². The predicted octanol–water partition coefficient (Wildman–Crippen LogP) is 3.14. The van der Waals surface area contributed by atoms with Crippen molar-refractivity contribution in [1.82, 2.24) is 5.48 Å². The molecule has 0 spiro atoms. The molecule has 0 amide bonds. The summed E-state index contributed by atoms with van der Waals surface area (Å²) in [6, 6.07) is 9.01. The first-order valence-corrected chi connectivity index (χ1v) is 18.2. The molecule has 2 saturated carbocycles. The number of esters is 3. The molecule has 280 valence electrons. The Labute approximate surface area is 300 Å². The maximum absolute atomic E-state index is 15.1. The summed E-state index contributed by atoms with van der Waals surface area (Å²) in [6.45, 7) is 14.5. The van der Waals surface area contributed by atoms with Gasteiger partial charge in [-0.1, -0.05) is 71.9 Å². The Balaban J connectivity index is 1.66. The van der Waals surface area contributed by atoms with Gasteiger partial charge in [0.1, 0.15) is 6.10 Å². The number of benzene rings is 1. The number of rotatable bonds is 11. The van der Waals surface area contributed by atoms with Crippen LogP contribution in [0.15, 0.2) is 41.5 Å². The van der Waals surface area contributed by atoms with Gasteiger partial charge in [-0.3, -0.25) is 14.4 Å². The quantitative estimate of drug-likeness (QED) is 0.0869. The molecule has 2 bridgehead atoms. The van der Waals surface area contributed by atoms with Crippen LogP contribution in [0, 0.1) is 28.1 Å². The fraction of sp³-hybridized carbons (Fsp3) is 0.684. The number of ketones is 1. The Bertz CT molecular complexity index is 1550. The van der Waals surface area contributed by atoms with Gasteiger partial charge in [0.05, 0.1) is 29.8 Å². The third-order valence-corrected chi connectivity index (χ3v) is 13.0. The van der Waals surface area contributed by atoms with Crippen LogP contribution in [-0.4, -0.2) is 95.6 Å². The van der Waals surface area contributed by atoms with Gasteiger partial charge in [-0.2, -0.15) is 0 Å². The Hall–Kier alpha value is -3.10. The maximum atomic E-state index is 15.1. The van der Waals surface area contributed by atoms with E-state index in [0.29, 0.717) is 23.3 Å². The van der Waals surface area contributed by atoms with Crippen LogP contribution in [-0.2, 0) is 38.1 Å². The highest BCUT2D eigenvalue weighted by atomic mass is 16.6. The van der Waals surface area contributed by atoms with Gasteiger partial charge in [0.15, 0.2) is 25.3 Å². The average Bonchev–Trinajstić information content (AvgIpc) is 3.10. The van der Waals surface area contributed by atoms with Gasteiger partial charge < -0.3 is 34.4 Å². The van der Waals surface area contributed by atoms with Crippen LogP contribution in [0.1, 0.15) is 92.5 Å². The molecule has 1 aromatic carbocycles. The molecular weight excluding hydrogens is 657 g/mol. The third-order valence-electron chi connectivity index (χ3n) is 13.0. The highest BCUT2D eigenvalue weighted by Crippen LogP contribution is 2.67. The van der Waals surface area contributed by atoms with Gasteiger partial charge >= 0.3 is 17.9 Å². The number of hydroxylamine groups is 1. The number of hydrogen-bond acceptors (Lipinski definition) is 12. The lowest BCUT2D eigenvalue weighted by Gasteiger charge is -2.68. The first-order chi connectivity index (χ1) is 23.9. The molecular formula is C38H54BNO11. The molecule has 12 nitrogen and oxygen atoms in total. The molecule has 3 fully saturated rings. The number of aliphatic hydroxyl groups is 2. The number of nitrogens with one attached hydrogen (secondary N) is 1.